The van der Waals surface area contributed by atoms with Gasteiger partial charge in [0.1, 0.15) is 5.82 Å². The highest BCUT2D eigenvalue weighted by molar-refractivity contribution is 7.99. The molecule has 116 heavy (non-hydrogen) atoms. The third-order valence-corrected chi connectivity index (χ3v) is 24.0. The van der Waals surface area contributed by atoms with Crippen molar-refractivity contribution < 1.29 is 4.74 Å². The number of aryl methyl sites for hydroxylation is 6. The van der Waals surface area contributed by atoms with Crippen LogP contribution >= 0.6 is 11.8 Å². The Balaban J connectivity index is 0.0000000941. The van der Waals surface area contributed by atoms with Crippen molar-refractivity contribution in [3.05, 3.63) is 374 Å². The molecule has 4 aromatic heterocycles. The first-order valence-electron chi connectivity index (χ1n) is 39.4. The standard InChI is InChI=1S/C21H15N.C17H13N.C15H13N.2C13H12N2.C13H11NO.C13H11NS/c1-22-20-16-8-4-2-6-14(16)10-12-18(20)19-13-11-15-7-3-5-9-17(15)21(19)22;1-18-15-9-5-4-8-14(15)17-13-7-3-2-6-12(13)10-11-16(17)18;1-16-14-8-4-2-6-12(14)10-11-13-7-3-5-9-15(13)16;1-9-14-13-11-6-4-3-5-10(11)7-8-12(13)15(9)2;1-9-13-11-6-4-3-5-10(11)7-8-12(13)15(2)14-9;2*1-14-10-6-2-4-8-12(10)15-13-9-5-3-7-11(13)14/h2-13H,1H3;2-11H,1H3;2-11H,1H3;2*3-8H,1-2H3;2*2-9H,1H3. The Hall–Kier alpha value is -14.1. The zero-order valence-corrected chi connectivity index (χ0v) is 67.3. The minimum Gasteiger partial charge on any atom is -0.453 e. The van der Waals surface area contributed by atoms with E-state index < -0.39 is 0 Å². The number of fused-ring (bicyclic) bond motifs is 24. The smallest absolute Gasteiger partial charge is 0.151 e. The second-order valence-electron chi connectivity index (χ2n) is 29.6. The van der Waals surface area contributed by atoms with Crippen molar-refractivity contribution in [3.63, 3.8) is 0 Å². The van der Waals surface area contributed by atoms with Crippen molar-refractivity contribution in [2.24, 2.45) is 28.2 Å². The van der Waals surface area contributed by atoms with Crippen LogP contribution < -0.4 is 19.4 Å². The molecule has 7 heterocycles. The normalized spacial score (nSPS) is 12.1. The number of hydrogen-bond acceptors (Lipinski definition) is 7. The van der Waals surface area contributed by atoms with Crippen LogP contribution in [0.4, 0.5) is 34.1 Å². The average molecular weight is 1520 g/mol. The van der Waals surface area contributed by atoms with Gasteiger partial charge in [-0.15, -0.1) is 0 Å². The molecule has 564 valence electrons. The first-order valence-corrected chi connectivity index (χ1v) is 40.2. The van der Waals surface area contributed by atoms with Gasteiger partial charge < -0.3 is 33.1 Å². The van der Waals surface area contributed by atoms with Crippen molar-refractivity contribution in [2.45, 2.75) is 23.6 Å². The number of nitrogens with zero attached hydrogens (tertiary/aromatic N) is 9. The Morgan fingerprint density at radius 1 is 0.267 bits per heavy atom. The highest BCUT2D eigenvalue weighted by atomic mass is 32.2. The Morgan fingerprint density at radius 3 is 1.17 bits per heavy atom. The summed E-state index contributed by atoms with van der Waals surface area (Å²) in [5, 5.41) is 24.0. The first kappa shape index (κ1) is 73.4. The number of aromatic nitrogens is 6. The number of para-hydroxylation sites is 9. The number of anilines is 6. The minimum atomic E-state index is 0.915. The summed E-state index contributed by atoms with van der Waals surface area (Å²) in [4.78, 5) is 13.9. The summed E-state index contributed by atoms with van der Waals surface area (Å²) in [6, 6.07) is 123. The predicted octanol–water partition coefficient (Wildman–Crippen LogP) is 27.6. The van der Waals surface area contributed by atoms with Gasteiger partial charge in [-0.3, -0.25) is 4.68 Å². The summed E-state index contributed by atoms with van der Waals surface area (Å²) in [5.41, 5.74) is 19.7. The van der Waals surface area contributed by atoms with Gasteiger partial charge in [0.25, 0.3) is 0 Å². The molecule has 0 fully saturated rings. The maximum absolute atomic E-state index is 5.81. The molecule has 0 aliphatic carbocycles. The summed E-state index contributed by atoms with van der Waals surface area (Å²) in [7, 11) is 14.7. The summed E-state index contributed by atoms with van der Waals surface area (Å²) >= 11 is 1.84. The van der Waals surface area contributed by atoms with Gasteiger partial charge >= 0.3 is 0 Å². The molecule has 11 heteroatoms. The van der Waals surface area contributed by atoms with Gasteiger partial charge in [-0.05, 0) is 148 Å². The zero-order chi connectivity index (χ0) is 79.1. The van der Waals surface area contributed by atoms with E-state index in [1.54, 1.807) is 0 Å². The molecule has 17 aromatic carbocycles. The third-order valence-electron chi connectivity index (χ3n) is 22.9. The number of imidazole rings is 1. The van der Waals surface area contributed by atoms with Gasteiger partial charge in [0.05, 0.1) is 56.0 Å². The number of hydrogen-bond donors (Lipinski definition) is 0. The molecule has 0 spiro atoms. The molecule has 24 rings (SSSR count). The molecular formula is C105H87N9OS. The average Bonchev–Trinajstić information content (AvgIpc) is 1.58. The van der Waals surface area contributed by atoms with Crippen molar-refractivity contribution in [2.75, 3.05) is 35.8 Å². The van der Waals surface area contributed by atoms with Gasteiger partial charge in [-0.1, -0.05) is 291 Å². The zero-order valence-electron chi connectivity index (χ0n) is 66.5. The van der Waals surface area contributed by atoms with Gasteiger partial charge in [-0.2, -0.15) is 5.10 Å². The minimum absolute atomic E-state index is 0.915. The molecule has 0 amide bonds. The highest BCUT2D eigenvalue weighted by Gasteiger charge is 2.23. The molecule has 21 aromatic rings. The van der Waals surface area contributed by atoms with Crippen LogP contribution in [0.2, 0.25) is 0 Å². The summed E-state index contributed by atoms with van der Waals surface area (Å²) in [6.07, 6.45) is 4.36. The van der Waals surface area contributed by atoms with Crippen LogP contribution in [0.5, 0.6) is 11.5 Å². The van der Waals surface area contributed by atoms with E-state index in [-0.39, 0.29) is 0 Å². The van der Waals surface area contributed by atoms with E-state index in [0.717, 1.165) is 39.9 Å². The lowest BCUT2D eigenvalue weighted by Gasteiger charge is -2.29. The monoisotopic (exact) mass is 1520 g/mol. The van der Waals surface area contributed by atoms with Crippen molar-refractivity contribution >= 4 is 177 Å². The lowest BCUT2D eigenvalue weighted by Crippen LogP contribution is -2.15. The lowest BCUT2D eigenvalue weighted by molar-refractivity contribution is 0.475. The summed E-state index contributed by atoms with van der Waals surface area (Å²) < 4.78 is 14.5. The molecule has 0 bridgehead atoms. The molecule has 0 atom stereocenters. The van der Waals surface area contributed by atoms with E-state index in [1.165, 1.54) is 158 Å². The Bertz CT molecular complexity index is 7010. The lowest BCUT2D eigenvalue weighted by atomic mass is 10.0. The van der Waals surface area contributed by atoms with Crippen LogP contribution in [-0.2, 0) is 28.2 Å². The number of ether oxygens (including phenoxy) is 1. The van der Waals surface area contributed by atoms with E-state index in [2.05, 4.69) is 415 Å². The number of benzene rings is 17. The second kappa shape index (κ2) is 31.4. The van der Waals surface area contributed by atoms with Crippen LogP contribution in [0.25, 0.3) is 132 Å². The number of rotatable bonds is 0. The maximum Gasteiger partial charge on any atom is 0.151 e. The van der Waals surface area contributed by atoms with Gasteiger partial charge in [0.2, 0.25) is 0 Å². The maximum atomic E-state index is 5.81. The molecule has 0 unspecified atom stereocenters. The van der Waals surface area contributed by atoms with Crippen LogP contribution in [0.3, 0.4) is 0 Å². The fraction of sp³-hybridized carbons (Fsp3) is 0.0857. The van der Waals surface area contributed by atoms with E-state index >= 15 is 0 Å². The van der Waals surface area contributed by atoms with Gasteiger partial charge in [0.15, 0.2) is 11.5 Å². The molecule has 0 radical (unpaired) electrons. The largest absolute Gasteiger partial charge is 0.453 e. The van der Waals surface area contributed by atoms with Crippen LogP contribution in [-0.4, -0.2) is 49.6 Å². The fourth-order valence-electron chi connectivity index (χ4n) is 16.9. The second-order valence-corrected chi connectivity index (χ2v) is 30.7. The molecule has 0 saturated carbocycles. The van der Waals surface area contributed by atoms with E-state index in [9.17, 15) is 0 Å². The predicted molar refractivity (Wildman–Crippen MR) is 495 cm³/mol. The van der Waals surface area contributed by atoms with E-state index in [0.29, 0.717) is 0 Å². The molecule has 3 aliphatic heterocycles. The molecule has 3 aliphatic rings. The molecule has 0 N–H and O–H groups in total. The van der Waals surface area contributed by atoms with Crippen molar-refractivity contribution in [3.8, 4) is 11.5 Å². The third kappa shape index (κ3) is 13.6. The van der Waals surface area contributed by atoms with Crippen molar-refractivity contribution in [1.29, 1.82) is 0 Å². The molecule has 0 saturated heterocycles. The fourth-order valence-corrected chi connectivity index (χ4v) is 18.1. The Kier molecular flexibility index (Phi) is 19.9. The molecular weight excluding hydrogens is 1440 g/mol. The molecule has 10 nitrogen and oxygen atoms in total. The van der Waals surface area contributed by atoms with Gasteiger partial charge in [-0.25, -0.2) is 4.98 Å². The summed E-state index contributed by atoms with van der Waals surface area (Å²) in [6.45, 7) is 4.10. The quantitative estimate of drug-likeness (QED) is 0.150. The first-order chi connectivity index (χ1) is 56.8. The van der Waals surface area contributed by atoms with Crippen LogP contribution in [0.15, 0.2) is 362 Å². The van der Waals surface area contributed by atoms with E-state index in [1.807, 2.05) is 66.8 Å². The summed E-state index contributed by atoms with van der Waals surface area (Å²) in [5.74, 6) is 2.89. The van der Waals surface area contributed by atoms with Crippen molar-refractivity contribution in [1.82, 2.24) is 28.5 Å². The SMILES string of the molecule is CN1c2ccccc2C=Cc2ccccc21.CN1c2ccccc2Oc2ccccc21.CN1c2ccccc2Sc2ccccc21.Cc1nc2c3ccccc3ccc2n1C.Cc1nn(C)c2ccc3ccccc3c12.Cn1c2c3ccccc3ccc2c2ccc3ccccc3c21.Cn1c2ccccc2c2c3ccccc3ccc21. The Labute approximate surface area is 679 Å². The Morgan fingerprint density at radius 2 is 0.638 bits per heavy atom. The van der Waals surface area contributed by atoms with Crippen LogP contribution in [0.1, 0.15) is 22.6 Å². The van der Waals surface area contributed by atoms with Gasteiger partial charge in [0, 0.05) is 125 Å². The topological polar surface area (TPSA) is 64.5 Å². The van der Waals surface area contributed by atoms with Crippen LogP contribution in [0, 0.1) is 13.8 Å². The van der Waals surface area contributed by atoms with E-state index in [4.69, 9.17) is 4.74 Å². The highest BCUT2D eigenvalue weighted by Crippen LogP contribution is 2.48.